The van der Waals surface area contributed by atoms with Gasteiger partial charge in [-0.15, -0.1) is 12.4 Å². The fraction of sp³-hybridized carbons (Fsp3) is 0.111. The summed E-state index contributed by atoms with van der Waals surface area (Å²) in [5.74, 6) is -0.336. The Morgan fingerprint density at radius 2 is 1.83 bits per heavy atom. The molecular weight excluding hydrogens is 312 g/mol. The summed E-state index contributed by atoms with van der Waals surface area (Å²) in [7, 11) is 1.38. The molecular formula is C18H19ClN2O2. The lowest BCUT2D eigenvalue weighted by molar-refractivity contribution is 0.0601. The van der Waals surface area contributed by atoms with Crippen molar-refractivity contribution >= 4 is 40.7 Å². The number of hydrogen-bond donors (Lipinski definition) is 1. The normalized spacial score (nSPS) is 10.0. The van der Waals surface area contributed by atoms with Crippen LogP contribution in [0, 0.1) is 6.92 Å². The first-order valence-corrected chi connectivity index (χ1v) is 6.99. The third kappa shape index (κ3) is 3.60. The van der Waals surface area contributed by atoms with Gasteiger partial charge in [0.25, 0.3) is 0 Å². The van der Waals surface area contributed by atoms with Gasteiger partial charge in [-0.25, -0.2) is 4.79 Å². The van der Waals surface area contributed by atoms with E-state index in [-0.39, 0.29) is 19.8 Å². The summed E-state index contributed by atoms with van der Waals surface area (Å²) < 4.78 is 4.70. The summed E-state index contributed by atoms with van der Waals surface area (Å²) in [6.07, 6.45) is 0. The van der Waals surface area contributed by atoms with Crippen LogP contribution in [-0.4, -0.2) is 18.1 Å². The van der Waals surface area contributed by atoms with Crippen LogP contribution >= 0.6 is 12.4 Å². The minimum atomic E-state index is -0.336. The average molecular weight is 331 g/mol. The number of anilines is 2. The van der Waals surface area contributed by atoms with Gasteiger partial charge in [-0.3, -0.25) is 4.98 Å². The van der Waals surface area contributed by atoms with Crippen molar-refractivity contribution in [2.45, 2.75) is 6.92 Å². The third-order valence-electron chi connectivity index (χ3n) is 3.43. The Balaban J connectivity index is 0.00000144. The number of ether oxygens (including phenoxy) is 1. The maximum atomic E-state index is 11.5. The van der Waals surface area contributed by atoms with Gasteiger partial charge in [0.15, 0.2) is 0 Å². The number of pyridine rings is 1. The fourth-order valence-corrected chi connectivity index (χ4v) is 2.37. The molecule has 0 aliphatic carbocycles. The van der Waals surface area contributed by atoms with Gasteiger partial charge in [-0.1, -0.05) is 18.2 Å². The van der Waals surface area contributed by atoms with E-state index >= 15 is 0 Å². The second kappa shape index (κ2) is 7.11. The van der Waals surface area contributed by atoms with E-state index in [2.05, 4.69) is 10.3 Å². The minimum Gasteiger partial charge on any atom is -0.465 e. The van der Waals surface area contributed by atoms with Crippen molar-refractivity contribution in [3.63, 3.8) is 0 Å². The van der Waals surface area contributed by atoms with Crippen molar-refractivity contribution in [2.75, 3.05) is 12.4 Å². The molecule has 1 N–H and O–H groups in total. The zero-order valence-electron chi connectivity index (χ0n) is 12.9. The first-order chi connectivity index (χ1) is 10.7. The molecule has 2 aromatic carbocycles. The molecule has 0 saturated carbocycles. The maximum Gasteiger partial charge on any atom is 0.337 e. The van der Waals surface area contributed by atoms with Crippen molar-refractivity contribution in [3.8, 4) is 0 Å². The number of rotatable bonds is 3. The molecule has 120 valence electrons. The molecule has 0 spiro atoms. The number of halogens is 1. The molecule has 3 aromatic rings. The van der Waals surface area contributed by atoms with Crippen LogP contribution in [0.1, 0.15) is 17.5 Å². The highest BCUT2D eigenvalue weighted by atomic mass is 35.5. The van der Waals surface area contributed by atoms with Crippen LogP contribution in [0.4, 0.5) is 11.4 Å². The van der Waals surface area contributed by atoms with Crippen molar-refractivity contribution in [1.82, 2.24) is 4.98 Å². The molecule has 0 bridgehead atoms. The molecule has 3 rings (SSSR count). The first-order valence-electron chi connectivity index (χ1n) is 6.99. The molecule has 0 atom stereocenters. The quantitative estimate of drug-likeness (QED) is 0.705. The molecule has 0 amide bonds. The Kier molecular flexibility index (Phi) is 5.19. The Hall–Kier alpha value is -2.59. The summed E-state index contributed by atoms with van der Waals surface area (Å²) in [5.41, 5.74) is 4.34. The first kappa shape index (κ1) is 16.8. The molecule has 1 aromatic heterocycles. The van der Waals surface area contributed by atoms with Crippen molar-refractivity contribution < 1.29 is 11.0 Å². The summed E-state index contributed by atoms with van der Waals surface area (Å²) in [6.45, 7) is 1.97. The summed E-state index contributed by atoms with van der Waals surface area (Å²) in [4.78, 5) is 16.0. The number of nitrogens with one attached hydrogen (secondary N) is 1. The number of methoxy groups -OCH3 is 1. The molecule has 0 radical (unpaired) electrons. The second-order valence-electron chi connectivity index (χ2n) is 5.02. The van der Waals surface area contributed by atoms with E-state index in [0.29, 0.717) is 5.56 Å². The van der Waals surface area contributed by atoms with Crippen LogP contribution in [0.3, 0.4) is 0 Å². The smallest absolute Gasteiger partial charge is 0.337 e. The molecule has 4 nitrogen and oxygen atoms in total. The zero-order chi connectivity index (χ0) is 15.5. The lowest BCUT2D eigenvalue weighted by Crippen LogP contribution is -2.01. The highest BCUT2D eigenvalue weighted by Gasteiger charge is 2.06. The van der Waals surface area contributed by atoms with Crippen molar-refractivity contribution in [2.24, 2.45) is 0 Å². The predicted octanol–water partition coefficient (Wildman–Crippen LogP) is 4.74. The van der Waals surface area contributed by atoms with Gasteiger partial charge in [-0.2, -0.15) is 0 Å². The lowest BCUT2D eigenvalue weighted by Gasteiger charge is -2.11. The monoisotopic (exact) mass is 330 g/mol. The van der Waals surface area contributed by atoms with Gasteiger partial charge in [0.1, 0.15) is 0 Å². The van der Waals surface area contributed by atoms with E-state index in [0.717, 1.165) is 28.0 Å². The molecule has 0 unspecified atom stereocenters. The number of fused-ring (bicyclic) bond motifs is 1. The van der Waals surface area contributed by atoms with Gasteiger partial charge in [0.2, 0.25) is 0 Å². The summed E-state index contributed by atoms with van der Waals surface area (Å²) in [6, 6.07) is 17.2. The van der Waals surface area contributed by atoms with Crippen LogP contribution in [0.15, 0.2) is 54.6 Å². The molecule has 5 heteroatoms. The van der Waals surface area contributed by atoms with E-state index in [9.17, 15) is 4.79 Å². The Bertz CT molecular complexity index is 838. The zero-order valence-corrected chi connectivity index (χ0v) is 13.7. The standard InChI is InChI=1S/C18H16N2O2.ClH.H2/c1-12-11-17(15-5-3-4-6-16(15)19-12)20-14-9-7-13(8-10-14)18(21)22-2;;/h3-11H,1-2H3,(H,19,20);2*1H. The van der Waals surface area contributed by atoms with Crippen LogP contribution in [0.2, 0.25) is 0 Å². The van der Waals surface area contributed by atoms with Gasteiger partial charge in [0.05, 0.1) is 18.2 Å². The van der Waals surface area contributed by atoms with Crippen LogP contribution < -0.4 is 5.32 Å². The highest BCUT2D eigenvalue weighted by Crippen LogP contribution is 2.26. The molecule has 0 saturated heterocycles. The molecule has 23 heavy (non-hydrogen) atoms. The van der Waals surface area contributed by atoms with Crippen LogP contribution in [0.25, 0.3) is 10.9 Å². The summed E-state index contributed by atoms with van der Waals surface area (Å²) >= 11 is 0. The molecule has 0 fully saturated rings. The fourth-order valence-electron chi connectivity index (χ4n) is 2.37. The van der Waals surface area contributed by atoms with Crippen molar-refractivity contribution in [1.29, 1.82) is 0 Å². The van der Waals surface area contributed by atoms with Gasteiger partial charge < -0.3 is 10.1 Å². The average Bonchev–Trinajstić information content (AvgIpc) is 2.54. The Morgan fingerprint density at radius 1 is 1.13 bits per heavy atom. The van der Waals surface area contributed by atoms with Crippen LogP contribution in [-0.2, 0) is 4.74 Å². The number of nitrogens with zero attached hydrogens (tertiary/aromatic N) is 1. The number of carbonyl (C=O) groups is 1. The number of benzene rings is 2. The second-order valence-corrected chi connectivity index (χ2v) is 5.02. The SMILES string of the molecule is COC(=O)c1ccc(Nc2cc(C)nc3ccccc23)cc1.Cl.[HH]. The number of carbonyl (C=O) groups excluding carboxylic acids is 1. The summed E-state index contributed by atoms with van der Waals surface area (Å²) in [5, 5.41) is 4.44. The van der Waals surface area contributed by atoms with E-state index < -0.39 is 0 Å². The lowest BCUT2D eigenvalue weighted by atomic mass is 10.1. The minimum absolute atomic E-state index is 0. The molecule has 1 heterocycles. The largest absolute Gasteiger partial charge is 0.465 e. The van der Waals surface area contributed by atoms with Crippen molar-refractivity contribution in [3.05, 3.63) is 65.9 Å². The van der Waals surface area contributed by atoms with Crippen LogP contribution in [0.5, 0.6) is 0 Å². The van der Waals surface area contributed by atoms with Gasteiger partial charge >= 0.3 is 5.97 Å². The highest BCUT2D eigenvalue weighted by molar-refractivity contribution is 5.94. The predicted molar refractivity (Wildman–Crippen MR) is 96.9 cm³/mol. The van der Waals surface area contributed by atoms with E-state index in [4.69, 9.17) is 4.74 Å². The Morgan fingerprint density at radius 3 is 2.52 bits per heavy atom. The Labute approximate surface area is 142 Å². The van der Waals surface area contributed by atoms with Gasteiger partial charge in [0, 0.05) is 23.9 Å². The molecule has 0 aliphatic heterocycles. The maximum absolute atomic E-state index is 11.5. The number of hydrogen-bond acceptors (Lipinski definition) is 4. The van der Waals surface area contributed by atoms with Gasteiger partial charge in [-0.05, 0) is 43.3 Å². The number of aromatic nitrogens is 1. The number of esters is 1. The van der Waals surface area contributed by atoms with E-state index in [1.807, 2.05) is 49.4 Å². The third-order valence-corrected chi connectivity index (χ3v) is 3.43. The number of aryl methyl sites for hydroxylation is 1. The topological polar surface area (TPSA) is 51.2 Å². The van der Waals surface area contributed by atoms with E-state index in [1.165, 1.54) is 7.11 Å². The van der Waals surface area contributed by atoms with E-state index in [1.54, 1.807) is 12.1 Å². The number of para-hydroxylation sites is 1. The molecule has 0 aliphatic rings.